The minimum absolute atomic E-state index is 0.129. The first-order chi connectivity index (χ1) is 14.2. The van der Waals surface area contributed by atoms with Gasteiger partial charge in [0, 0.05) is 12.6 Å². The number of hydrogen-bond acceptors (Lipinski definition) is 4. The number of amides is 1. The molecule has 2 aliphatic rings. The van der Waals surface area contributed by atoms with Crippen LogP contribution in [0.4, 0.5) is 4.79 Å². The van der Waals surface area contributed by atoms with Gasteiger partial charge < -0.3 is 14.3 Å². The first-order valence-corrected chi connectivity index (χ1v) is 14.7. The zero-order valence-corrected chi connectivity index (χ0v) is 22.8. The third-order valence-corrected chi connectivity index (χ3v) is 14.0. The molecule has 0 aromatic heterocycles. The van der Waals surface area contributed by atoms with E-state index >= 15 is 0 Å². The maximum atomic E-state index is 13.1. The summed E-state index contributed by atoms with van der Waals surface area (Å²) in [5, 5.41) is 10.9. The Labute approximate surface area is 192 Å². The molecular weight excluding hydrogens is 406 g/mol. The Morgan fingerprint density at radius 2 is 1.61 bits per heavy atom. The molecular formula is C25H49NO4Si. The summed E-state index contributed by atoms with van der Waals surface area (Å²) in [7, 11) is -1.94. The summed E-state index contributed by atoms with van der Waals surface area (Å²) in [5.41, 5.74) is 1.13. The maximum Gasteiger partial charge on any atom is 0.410 e. The molecule has 1 saturated carbocycles. The molecule has 0 unspecified atom stereocenters. The molecule has 1 saturated heterocycles. The monoisotopic (exact) mass is 455 g/mol. The lowest BCUT2D eigenvalue weighted by molar-refractivity contribution is -0.0857. The van der Waals surface area contributed by atoms with Crippen molar-refractivity contribution in [2.75, 3.05) is 6.61 Å². The molecule has 1 amide bonds. The third kappa shape index (κ3) is 5.67. The number of piperidine rings is 1. The van der Waals surface area contributed by atoms with Gasteiger partial charge in [-0.05, 0) is 75.4 Å². The third-order valence-electron chi connectivity index (χ3n) is 7.90. The minimum Gasteiger partial charge on any atom is -0.444 e. The molecule has 0 bridgehead atoms. The van der Waals surface area contributed by atoms with Crippen molar-refractivity contribution >= 4 is 14.4 Å². The molecule has 0 aromatic carbocycles. The van der Waals surface area contributed by atoms with E-state index in [-0.39, 0.29) is 24.1 Å². The average molecular weight is 456 g/mol. The molecule has 0 aromatic rings. The van der Waals surface area contributed by atoms with Crippen LogP contribution in [0, 0.1) is 11.8 Å². The molecule has 1 N–H and O–H groups in total. The van der Waals surface area contributed by atoms with Crippen LogP contribution >= 0.6 is 0 Å². The van der Waals surface area contributed by atoms with E-state index in [0.29, 0.717) is 22.5 Å². The van der Waals surface area contributed by atoms with Crippen molar-refractivity contribution in [1.29, 1.82) is 0 Å². The Morgan fingerprint density at radius 1 is 1.06 bits per heavy atom. The van der Waals surface area contributed by atoms with Crippen LogP contribution in [-0.4, -0.2) is 54.8 Å². The van der Waals surface area contributed by atoms with Crippen molar-refractivity contribution in [2.24, 2.45) is 11.8 Å². The van der Waals surface area contributed by atoms with Gasteiger partial charge in [0.2, 0.25) is 0 Å². The predicted molar refractivity (Wildman–Crippen MR) is 130 cm³/mol. The summed E-state index contributed by atoms with van der Waals surface area (Å²) in [6.45, 7) is 22.4. The molecule has 31 heavy (non-hydrogen) atoms. The molecule has 1 aliphatic heterocycles. The van der Waals surface area contributed by atoms with Gasteiger partial charge >= 0.3 is 6.09 Å². The fourth-order valence-electron chi connectivity index (χ4n) is 6.56. The molecule has 0 spiro atoms. The number of rotatable bonds is 6. The molecule has 0 radical (unpaired) electrons. The summed E-state index contributed by atoms with van der Waals surface area (Å²) in [6.07, 6.45) is 3.14. The first-order valence-electron chi connectivity index (χ1n) is 12.6. The minimum atomic E-state index is -1.94. The second-order valence-electron chi connectivity index (χ2n) is 12.0. The molecule has 182 valence electrons. The average Bonchev–Trinajstić information content (AvgIpc) is 2.61. The van der Waals surface area contributed by atoms with E-state index in [0.717, 1.165) is 32.3 Å². The number of aliphatic hydroxyl groups excluding tert-OH is 1. The van der Waals surface area contributed by atoms with E-state index in [9.17, 15) is 9.90 Å². The standard InChI is InChI=1S/C25H49NO4Si/c1-16(2)31(17(3)4,18(5)6)29-15-20-12-11-13-22-21(20)14-23(27)19(7)26(22)24(28)30-25(8,9)10/h16-23,27H,11-15H2,1-10H3/t19-,20-,21-,22+,23-/m0/s1. The Balaban J connectivity index is 2.24. The van der Waals surface area contributed by atoms with Crippen LogP contribution in [0.3, 0.4) is 0 Å². The van der Waals surface area contributed by atoms with E-state index < -0.39 is 20.0 Å². The smallest absolute Gasteiger partial charge is 0.410 e. The number of nitrogens with zero attached hydrogens (tertiary/aromatic N) is 1. The largest absolute Gasteiger partial charge is 0.444 e. The van der Waals surface area contributed by atoms with Gasteiger partial charge in [-0.1, -0.05) is 48.0 Å². The lowest BCUT2D eigenvalue weighted by atomic mass is 9.69. The molecule has 2 fully saturated rings. The number of ether oxygens (including phenoxy) is 1. The highest BCUT2D eigenvalue weighted by molar-refractivity contribution is 6.77. The summed E-state index contributed by atoms with van der Waals surface area (Å²) in [5.74, 6) is 0.652. The molecule has 1 heterocycles. The van der Waals surface area contributed by atoms with E-state index in [1.165, 1.54) is 0 Å². The fourth-order valence-corrected chi connectivity index (χ4v) is 12.1. The van der Waals surface area contributed by atoms with Crippen LogP contribution in [0.15, 0.2) is 0 Å². The Hall–Kier alpha value is -0.593. The predicted octanol–water partition coefficient (Wildman–Crippen LogP) is 6.35. The van der Waals surface area contributed by atoms with E-state index in [4.69, 9.17) is 9.16 Å². The van der Waals surface area contributed by atoms with Gasteiger partial charge in [0.1, 0.15) is 5.60 Å². The van der Waals surface area contributed by atoms with Gasteiger partial charge in [-0.3, -0.25) is 4.90 Å². The van der Waals surface area contributed by atoms with Gasteiger partial charge in [-0.2, -0.15) is 0 Å². The Bertz CT molecular complexity index is 579. The number of hydrogen-bond donors (Lipinski definition) is 1. The molecule has 1 aliphatic carbocycles. The van der Waals surface area contributed by atoms with Crippen LogP contribution in [0.2, 0.25) is 16.6 Å². The molecule has 6 heteroatoms. The van der Waals surface area contributed by atoms with Crippen molar-refractivity contribution < 1.29 is 19.1 Å². The van der Waals surface area contributed by atoms with Crippen LogP contribution in [0.5, 0.6) is 0 Å². The zero-order valence-electron chi connectivity index (χ0n) is 21.8. The highest BCUT2D eigenvalue weighted by Crippen LogP contribution is 2.46. The highest BCUT2D eigenvalue weighted by atomic mass is 28.4. The van der Waals surface area contributed by atoms with Crippen molar-refractivity contribution in [1.82, 2.24) is 4.90 Å². The molecule has 2 rings (SSSR count). The van der Waals surface area contributed by atoms with Crippen LogP contribution in [0.1, 0.15) is 94.9 Å². The maximum absolute atomic E-state index is 13.1. The molecule has 5 nitrogen and oxygen atoms in total. The van der Waals surface area contributed by atoms with E-state index in [2.05, 4.69) is 41.5 Å². The SMILES string of the molecule is CC(C)[Si](OC[C@@H]1CCC[C@@H]2[C@H]1C[C@H](O)[C@H](C)N2C(=O)OC(C)(C)C)(C(C)C)C(C)C. The number of likely N-dealkylation sites (tertiary alicyclic amines) is 1. The summed E-state index contributed by atoms with van der Waals surface area (Å²) >= 11 is 0. The molecule has 5 atom stereocenters. The van der Waals surface area contributed by atoms with Crippen LogP contribution < -0.4 is 0 Å². The van der Waals surface area contributed by atoms with Crippen molar-refractivity contribution in [2.45, 2.75) is 135 Å². The van der Waals surface area contributed by atoms with Gasteiger partial charge in [-0.25, -0.2) is 4.79 Å². The second-order valence-corrected chi connectivity index (χ2v) is 17.4. The van der Waals surface area contributed by atoms with Gasteiger partial charge in [0.15, 0.2) is 8.32 Å². The highest BCUT2D eigenvalue weighted by Gasteiger charge is 2.50. The quantitative estimate of drug-likeness (QED) is 0.474. The number of carbonyl (C=O) groups excluding carboxylic acids is 1. The second kappa shape index (κ2) is 10.1. The summed E-state index contributed by atoms with van der Waals surface area (Å²) < 4.78 is 12.7. The van der Waals surface area contributed by atoms with Gasteiger partial charge in [0.25, 0.3) is 0 Å². The van der Waals surface area contributed by atoms with Crippen LogP contribution in [-0.2, 0) is 9.16 Å². The normalized spacial score (nSPS) is 30.1. The van der Waals surface area contributed by atoms with Gasteiger partial charge in [0.05, 0.1) is 12.1 Å². The lowest BCUT2D eigenvalue weighted by Gasteiger charge is -2.52. The number of aliphatic hydroxyl groups is 1. The van der Waals surface area contributed by atoms with E-state index in [1.807, 2.05) is 32.6 Å². The fraction of sp³-hybridized carbons (Fsp3) is 0.960. The topological polar surface area (TPSA) is 59.0 Å². The lowest BCUT2D eigenvalue weighted by Crippen LogP contribution is -2.62. The van der Waals surface area contributed by atoms with Crippen molar-refractivity contribution in [3.63, 3.8) is 0 Å². The summed E-state index contributed by atoms with van der Waals surface area (Å²) in [4.78, 5) is 14.9. The van der Waals surface area contributed by atoms with Crippen molar-refractivity contribution in [3.8, 4) is 0 Å². The Morgan fingerprint density at radius 3 is 2.10 bits per heavy atom. The summed E-state index contributed by atoms with van der Waals surface area (Å²) in [6, 6.07) is -0.0879. The first kappa shape index (κ1) is 26.7. The van der Waals surface area contributed by atoms with Crippen LogP contribution in [0.25, 0.3) is 0 Å². The zero-order chi connectivity index (χ0) is 23.7. The van der Waals surface area contributed by atoms with E-state index in [1.54, 1.807) is 0 Å². The van der Waals surface area contributed by atoms with Crippen molar-refractivity contribution in [3.05, 3.63) is 0 Å². The Kier molecular flexibility index (Phi) is 8.71. The van der Waals surface area contributed by atoms with Gasteiger partial charge in [-0.15, -0.1) is 0 Å². The number of fused-ring (bicyclic) bond motifs is 1. The number of carbonyl (C=O) groups is 1.